The fourth-order valence-electron chi connectivity index (χ4n) is 1.47. The Morgan fingerprint density at radius 2 is 2.17 bits per heavy atom. The zero-order chi connectivity index (χ0) is 13.5. The molecule has 0 bridgehead atoms. The lowest BCUT2D eigenvalue weighted by atomic mass is 10.2. The highest BCUT2D eigenvalue weighted by Crippen LogP contribution is 2.53. The summed E-state index contributed by atoms with van der Waals surface area (Å²) >= 11 is 11.4. The van der Waals surface area contributed by atoms with Crippen LogP contribution in [0.15, 0.2) is 18.2 Å². The molecule has 1 unspecified atom stereocenters. The molecule has 1 saturated carbocycles. The zero-order valence-corrected chi connectivity index (χ0v) is 10.3. The van der Waals surface area contributed by atoms with Crippen molar-refractivity contribution in [1.82, 2.24) is 0 Å². The Bertz CT molecular complexity index is 536. The highest BCUT2D eigenvalue weighted by atomic mass is 35.5. The summed E-state index contributed by atoms with van der Waals surface area (Å²) in [5.74, 6) is -2.27. The molecule has 0 radical (unpaired) electrons. The van der Waals surface area contributed by atoms with E-state index in [9.17, 15) is 19.3 Å². The van der Waals surface area contributed by atoms with Gasteiger partial charge >= 0.3 is 5.69 Å². The molecule has 1 amide bonds. The van der Waals surface area contributed by atoms with Crippen LogP contribution in [0.5, 0.6) is 0 Å². The number of nitro groups is 1. The highest BCUT2D eigenvalue weighted by Gasteiger charge is 2.56. The van der Waals surface area contributed by atoms with Crippen LogP contribution < -0.4 is 5.32 Å². The van der Waals surface area contributed by atoms with Gasteiger partial charge in [-0.3, -0.25) is 14.9 Å². The maximum Gasteiger partial charge on any atom is 0.306 e. The smallest absolute Gasteiger partial charge is 0.306 e. The largest absolute Gasteiger partial charge is 0.323 e. The van der Waals surface area contributed by atoms with E-state index < -0.39 is 32.6 Å². The van der Waals surface area contributed by atoms with Gasteiger partial charge in [0.2, 0.25) is 11.7 Å². The number of rotatable bonds is 3. The van der Waals surface area contributed by atoms with E-state index in [0.29, 0.717) is 0 Å². The first-order chi connectivity index (χ1) is 8.33. The molecule has 1 aliphatic rings. The second-order valence-corrected chi connectivity index (χ2v) is 5.45. The number of anilines is 1. The van der Waals surface area contributed by atoms with Gasteiger partial charge in [-0.25, -0.2) is 0 Å². The van der Waals surface area contributed by atoms with Gasteiger partial charge in [0.15, 0.2) is 0 Å². The molecule has 1 aromatic carbocycles. The van der Waals surface area contributed by atoms with Gasteiger partial charge in [-0.1, -0.05) is 6.07 Å². The summed E-state index contributed by atoms with van der Waals surface area (Å²) in [5.41, 5.74) is -0.961. The Hall–Kier alpha value is -1.40. The summed E-state index contributed by atoms with van der Waals surface area (Å²) in [6.07, 6.45) is 0.276. The van der Waals surface area contributed by atoms with Crippen LogP contribution in [-0.4, -0.2) is 15.2 Å². The Morgan fingerprint density at radius 1 is 1.56 bits per heavy atom. The van der Waals surface area contributed by atoms with Gasteiger partial charge < -0.3 is 5.32 Å². The van der Waals surface area contributed by atoms with Gasteiger partial charge in [0, 0.05) is 6.07 Å². The van der Waals surface area contributed by atoms with Crippen LogP contribution in [0.2, 0.25) is 0 Å². The zero-order valence-electron chi connectivity index (χ0n) is 8.82. The summed E-state index contributed by atoms with van der Waals surface area (Å²) in [6, 6.07) is 3.51. The minimum Gasteiger partial charge on any atom is -0.323 e. The lowest BCUT2D eigenvalue weighted by molar-refractivity contribution is -0.387. The van der Waals surface area contributed by atoms with Crippen LogP contribution >= 0.6 is 23.2 Å². The second-order valence-electron chi connectivity index (χ2n) is 3.90. The van der Waals surface area contributed by atoms with Crippen molar-refractivity contribution in [2.45, 2.75) is 10.8 Å². The predicted molar refractivity (Wildman–Crippen MR) is 64.2 cm³/mol. The van der Waals surface area contributed by atoms with Crippen LogP contribution in [0, 0.1) is 21.8 Å². The van der Waals surface area contributed by atoms with Crippen molar-refractivity contribution in [2.24, 2.45) is 5.92 Å². The fraction of sp³-hybridized carbons (Fsp3) is 0.300. The summed E-state index contributed by atoms with van der Waals surface area (Å²) < 4.78 is 12.5. The molecule has 0 aromatic heterocycles. The summed E-state index contributed by atoms with van der Waals surface area (Å²) in [7, 11) is 0. The van der Waals surface area contributed by atoms with E-state index in [1.54, 1.807) is 0 Å². The number of amides is 1. The van der Waals surface area contributed by atoms with Gasteiger partial charge in [-0.2, -0.15) is 4.39 Å². The van der Waals surface area contributed by atoms with E-state index in [4.69, 9.17) is 23.2 Å². The molecular formula is C10H7Cl2FN2O3. The van der Waals surface area contributed by atoms with Gasteiger partial charge in [-0.05, 0) is 12.5 Å². The molecule has 1 fully saturated rings. The number of nitro benzene ring substituents is 1. The SMILES string of the molecule is O=C(Nc1cccc([N+](=O)[O-])c1F)C1CC1(Cl)Cl. The number of hydrogen-bond acceptors (Lipinski definition) is 3. The third-order valence-electron chi connectivity index (χ3n) is 2.58. The molecule has 1 aromatic rings. The quantitative estimate of drug-likeness (QED) is 0.529. The lowest BCUT2D eigenvalue weighted by Crippen LogP contribution is -2.17. The first-order valence-corrected chi connectivity index (χ1v) is 5.70. The molecule has 1 atom stereocenters. The van der Waals surface area contributed by atoms with Crippen LogP contribution in [0.1, 0.15) is 6.42 Å². The Labute approximate surface area is 111 Å². The molecule has 96 valence electrons. The molecule has 8 heteroatoms. The van der Waals surface area contributed by atoms with E-state index in [1.165, 1.54) is 12.1 Å². The number of nitrogens with one attached hydrogen (secondary N) is 1. The van der Waals surface area contributed by atoms with Crippen molar-refractivity contribution in [1.29, 1.82) is 0 Å². The first kappa shape index (κ1) is 13.0. The van der Waals surface area contributed by atoms with Crippen LogP contribution in [0.25, 0.3) is 0 Å². The van der Waals surface area contributed by atoms with Crippen molar-refractivity contribution in [3.05, 3.63) is 34.1 Å². The van der Waals surface area contributed by atoms with E-state index in [2.05, 4.69) is 5.32 Å². The first-order valence-electron chi connectivity index (χ1n) is 4.94. The van der Waals surface area contributed by atoms with Gasteiger partial charge in [0.25, 0.3) is 0 Å². The lowest BCUT2D eigenvalue weighted by Gasteiger charge is -2.06. The number of nitrogens with zero attached hydrogens (tertiary/aromatic N) is 1. The van der Waals surface area contributed by atoms with Gasteiger partial charge in [-0.15, -0.1) is 23.2 Å². The van der Waals surface area contributed by atoms with Crippen LogP contribution in [0.4, 0.5) is 15.8 Å². The molecule has 1 aliphatic carbocycles. The van der Waals surface area contributed by atoms with Crippen molar-refractivity contribution in [3.8, 4) is 0 Å². The average molecular weight is 293 g/mol. The molecule has 0 heterocycles. The van der Waals surface area contributed by atoms with Gasteiger partial charge in [0.1, 0.15) is 4.33 Å². The second kappa shape index (κ2) is 4.37. The molecule has 2 rings (SSSR count). The molecule has 1 N–H and O–H groups in total. The molecule has 0 spiro atoms. The third-order valence-corrected chi connectivity index (χ3v) is 3.41. The van der Waals surface area contributed by atoms with Crippen molar-refractivity contribution in [3.63, 3.8) is 0 Å². The number of carbonyl (C=O) groups excluding carboxylic acids is 1. The molecule has 5 nitrogen and oxygen atoms in total. The minimum absolute atomic E-state index is 0.259. The third kappa shape index (κ3) is 2.39. The van der Waals surface area contributed by atoms with Crippen LogP contribution in [-0.2, 0) is 4.79 Å². The summed E-state index contributed by atoms with van der Waals surface area (Å²) in [4.78, 5) is 21.3. The number of alkyl halides is 2. The number of benzene rings is 1. The molecular weight excluding hydrogens is 286 g/mol. The monoisotopic (exact) mass is 292 g/mol. The normalized spacial score (nSPS) is 20.3. The van der Waals surface area contributed by atoms with Gasteiger partial charge in [0.05, 0.1) is 16.5 Å². The van der Waals surface area contributed by atoms with E-state index in [0.717, 1.165) is 6.07 Å². The summed E-state index contributed by atoms with van der Waals surface area (Å²) in [5, 5.41) is 12.8. The Morgan fingerprint density at radius 3 is 2.67 bits per heavy atom. The van der Waals surface area contributed by atoms with Crippen molar-refractivity contribution < 1.29 is 14.1 Å². The van der Waals surface area contributed by atoms with E-state index >= 15 is 0 Å². The highest BCUT2D eigenvalue weighted by molar-refractivity contribution is 6.52. The van der Waals surface area contributed by atoms with Crippen molar-refractivity contribution >= 4 is 40.5 Å². The topological polar surface area (TPSA) is 72.2 Å². The number of hydrogen-bond donors (Lipinski definition) is 1. The van der Waals surface area contributed by atoms with E-state index in [-0.39, 0.29) is 12.1 Å². The fourth-order valence-corrected chi connectivity index (χ4v) is 1.98. The average Bonchev–Trinajstić information content (AvgIpc) is 2.90. The molecule has 0 aliphatic heterocycles. The summed E-state index contributed by atoms with van der Waals surface area (Å²) in [6.45, 7) is 0. The standard InChI is InChI=1S/C10H7Cl2FN2O3/c11-10(12)4-5(10)9(16)14-6-2-1-3-7(8(6)13)15(17)18/h1-3,5H,4H2,(H,14,16). The number of halogens is 3. The maximum absolute atomic E-state index is 13.6. The Balaban J connectivity index is 2.18. The molecule has 18 heavy (non-hydrogen) atoms. The maximum atomic E-state index is 13.6. The molecule has 0 saturated heterocycles. The predicted octanol–water partition coefficient (Wildman–Crippen LogP) is 2.87. The minimum atomic E-state index is -1.12. The number of carbonyl (C=O) groups is 1. The van der Waals surface area contributed by atoms with Crippen LogP contribution in [0.3, 0.4) is 0 Å². The van der Waals surface area contributed by atoms with E-state index in [1.807, 2.05) is 0 Å². The van der Waals surface area contributed by atoms with Crippen molar-refractivity contribution in [2.75, 3.05) is 5.32 Å². The Kier molecular flexibility index (Phi) is 3.16.